The van der Waals surface area contributed by atoms with E-state index in [9.17, 15) is 19.5 Å². The van der Waals surface area contributed by atoms with Crippen LogP contribution in [0.4, 0.5) is 0 Å². The van der Waals surface area contributed by atoms with Gasteiger partial charge in [0.2, 0.25) is 11.8 Å². The lowest BCUT2D eigenvalue weighted by Crippen LogP contribution is -2.41. The Morgan fingerprint density at radius 3 is 2.66 bits per heavy atom. The number of fused-ring (bicyclic) bond motifs is 1. The molecule has 1 aliphatic heterocycles. The molecule has 0 saturated heterocycles. The highest BCUT2D eigenvalue weighted by molar-refractivity contribution is 5.91. The molecule has 0 spiro atoms. The summed E-state index contributed by atoms with van der Waals surface area (Å²) in [7, 11) is 1.41. The number of ether oxygens (including phenoxy) is 1. The third-order valence-corrected chi connectivity index (χ3v) is 5.18. The van der Waals surface area contributed by atoms with Crippen molar-refractivity contribution in [1.82, 2.24) is 10.2 Å². The van der Waals surface area contributed by atoms with Gasteiger partial charge in [-0.25, -0.2) is 4.79 Å². The maximum Gasteiger partial charge on any atom is 0.339 e. The minimum Gasteiger partial charge on any atom is -0.496 e. The summed E-state index contributed by atoms with van der Waals surface area (Å²) in [5, 5.41) is 12.1. The maximum atomic E-state index is 12.6. The summed E-state index contributed by atoms with van der Waals surface area (Å²) in [4.78, 5) is 37.8. The zero-order valence-electron chi connectivity index (χ0n) is 16.5. The van der Waals surface area contributed by atoms with Crippen molar-refractivity contribution in [3.8, 4) is 5.75 Å². The van der Waals surface area contributed by atoms with Crippen molar-refractivity contribution in [2.24, 2.45) is 0 Å². The lowest BCUT2D eigenvalue weighted by molar-refractivity contribution is -0.133. The van der Waals surface area contributed by atoms with E-state index in [4.69, 9.17) is 4.74 Å². The van der Waals surface area contributed by atoms with Crippen LogP contribution in [0.15, 0.2) is 42.5 Å². The standard InChI is InChI=1S/C22H24N2O5/c1-14(25)24-10-9-16-5-3-4-6-17(16)19(24)12-21(26)23-13-15-7-8-20(29-2)18(11-15)22(27)28/h3-8,11,19H,9-10,12-13H2,1-2H3,(H,23,26)(H,27,28)/t19-/m1/s1. The number of amides is 2. The number of nitrogens with zero attached hydrogens (tertiary/aromatic N) is 1. The molecule has 1 heterocycles. The highest BCUT2D eigenvalue weighted by Gasteiger charge is 2.30. The molecule has 0 radical (unpaired) electrons. The number of hydrogen-bond donors (Lipinski definition) is 2. The quantitative estimate of drug-likeness (QED) is 0.782. The largest absolute Gasteiger partial charge is 0.496 e. The van der Waals surface area contributed by atoms with Crippen molar-refractivity contribution < 1.29 is 24.2 Å². The first-order valence-corrected chi connectivity index (χ1v) is 9.42. The van der Waals surface area contributed by atoms with E-state index >= 15 is 0 Å². The van der Waals surface area contributed by atoms with Gasteiger partial charge in [-0.05, 0) is 35.2 Å². The van der Waals surface area contributed by atoms with Crippen molar-refractivity contribution in [2.45, 2.75) is 32.4 Å². The van der Waals surface area contributed by atoms with E-state index in [2.05, 4.69) is 5.32 Å². The number of carboxylic acids is 1. The van der Waals surface area contributed by atoms with Crippen molar-refractivity contribution >= 4 is 17.8 Å². The molecule has 0 fully saturated rings. The summed E-state index contributed by atoms with van der Waals surface area (Å²) >= 11 is 0. The highest BCUT2D eigenvalue weighted by atomic mass is 16.5. The van der Waals surface area contributed by atoms with Crippen molar-refractivity contribution in [2.75, 3.05) is 13.7 Å². The fourth-order valence-electron chi connectivity index (χ4n) is 3.73. The molecule has 1 aliphatic rings. The van der Waals surface area contributed by atoms with Gasteiger partial charge >= 0.3 is 5.97 Å². The van der Waals surface area contributed by atoms with E-state index in [1.165, 1.54) is 20.1 Å². The van der Waals surface area contributed by atoms with E-state index in [0.717, 1.165) is 17.5 Å². The van der Waals surface area contributed by atoms with Gasteiger partial charge < -0.3 is 20.1 Å². The van der Waals surface area contributed by atoms with Crippen LogP contribution in [-0.2, 0) is 22.6 Å². The number of benzene rings is 2. The first-order chi connectivity index (χ1) is 13.9. The molecular formula is C22H24N2O5. The van der Waals surface area contributed by atoms with E-state index < -0.39 is 5.97 Å². The molecule has 7 heteroatoms. The van der Waals surface area contributed by atoms with Gasteiger partial charge in [0.05, 0.1) is 19.6 Å². The monoisotopic (exact) mass is 396 g/mol. The summed E-state index contributed by atoms with van der Waals surface area (Å²) in [6, 6.07) is 12.3. The normalized spacial score (nSPS) is 15.4. The Morgan fingerprint density at radius 1 is 1.21 bits per heavy atom. The maximum absolute atomic E-state index is 12.6. The van der Waals surface area contributed by atoms with Crippen LogP contribution in [0, 0.1) is 0 Å². The molecule has 2 N–H and O–H groups in total. The zero-order valence-corrected chi connectivity index (χ0v) is 16.5. The summed E-state index contributed by atoms with van der Waals surface area (Å²) in [6.45, 7) is 2.30. The van der Waals surface area contributed by atoms with Gasteiger partial charge in [-0.15, -0.1) is 0 Å². The Kier molecular flexibility index (Phi) is 6.16. The molecule has 0 unspecified atom stereocenters. The van der Waals surface area contributed by atoms with Gasteiger partial charge in [0, 0.05) is 20.0 Å². The third-order valence-electron chi connectivity index (χ3n) is 5.18. The van der Waals surface area contributed by atoms with E-state index in [0.29, 0.717) is 12.1 Å². The average Bonchev–Trinajstić information content (AvgIpc) is 2.72. The molecule has 29 heavy (non-hydrogen) atoms. The Bertz CT molecular complexity index is 941. The van der Waals surface area contributed by atoms with Gasteiger partial charge in [0.15, 0.2) is 0 Å². The van der Waals surface area contributed by atoms with Crippen LogP contribution in [0.3, 0.4) is 0 Å². The van der Waals surface area contributed by atoms with Crippen molar-refractivity contribution in [3.05, 3.63) is 64.7 Å². The molecule has 1 atom stereocenters. The predicted molar refractivity (Wildman–Crippen MR) is 107 cm³/mol. The minimum absolute atomic E-state index is 0.0446. The molecule has 0 saturated carbocycles. The molecule has 0 bridgehead atoms. The number of hydrogen-bond acceptors (Lipinski definition) is 4. The lowest BCUT2D eigenvalue weighted by atomic mass is 9.90. The Hall–Kier alpha value is -3.35. The van der Waals surface area contributed by atoms with Crippen molar-refractivity contribution in [3.63, 3.8) is 0 Å². The summed E-state index contributed by atoms with van der Waals surface area (Å²) in [6.07, 6.45) is 0.927. The van der Waals surface area contributed by atoms with Gasteiger partial charge in [0.1, 0.15) is 11.3 Å². The fraction of sp³-hybridized carbons (Fsp3) is 0.318. The van der Waals surface area contributed by atoms with Crippen LogP contribution < -0.4 is 10.1 Å². The molecule has 152 valence electrons. The predicted octanol–water partition coefficient (Wildman–Crippen LogP) is 2.55. The van der Waals surface area contributed by atoms with Gasteiger partial charge in [-0.1, -0.05) is 30.3 Å². The fourth-order valence-corrected chi connectivity index (χ4v) is 3.73. The van der Waals surface area contributed by atoms with E-state index in [1.807, 2.05) is 24.3 Å². The van der Waals surface area contributed by atoms with Crippen molar-refractivity contribution in [1.29, 1.82) is 0 Å². The number of aromatic carboxylic acids is 1. The SMILES string of the molecule is COc1ccc(CNC(=O)C[C@@H]2c3ccccc3CCN2C(C)=O)cc1C(=O)O. The smallest absolute Gasteiger partial charge is 0.339 e. The topological polar surface area (TPSA) is 95.9 Å². The van der Waals surface area contributed by atoms with E-state index in [1.54, 1.807) is 17.0 Å². The van der Waals surface area contributed by atoms with Gasteiger partial charge in [0.25, 0.3) is 0 Å². The molecule has 0 aliphatic carbocycles. The first kappa shape index (κ1) is 20.4. The number of methoxy groups -OCH3 is 1. The third kappa shape index (κ3) is 4.56. The molecule has 3 rings (SSSR count). The molecule has 0 aromatic heterocycles. The summed E-state index contributed by atoms with van der Waals surface area (Å²) < 4.78 is 5.05. The highest BCUT2D eigenvalue weighted by Crippen LogP contribution is 2.32. The minimum atomic E-state index is -1.09. The Balaban J connectivity index is 1.71. The molecular weight excluding hydrogens is 372 g/mol. The van der Waals surface area contributed by atoms with Gasteiger partial charge in [-0.2, -0.15) is 0 Å². The number of carboxylic acid groups (broad SMARTS) is 1. The second-order valence-electron chi connectivity index (χ2n) is 7.00. The number of nitrogens with one attached hydrogen (secondary N) is 1. The Labute approximate surface area is 169 Å². The van der Waals surface area contributed by atoms with Gasteiger partial charge in [-0.3, -0.25) is 9.59 Å². The number of carbonyl (C=O) groups excluding carboxylic acids is 2. The van der Waals surface area contributed by atoms with Crippen LogP contribution in [0.2, 0.25) is 0 Å². The van der Waals surface area contributed by atoms with Crippen LogP contribution in [-0.4, -0.2) is 41.4 Å². The number of carbonyl (C=O) groups is 3. The van der Waals surface area contributed by atoms with Crippen LogP contribution >= 0.6 is 0 Å². The average molecular weight is 396 g/mol. The molecule has 2 amide bonds. The van der Waals surface area contributed by atoms with Crippen LogP contribution in [0.5, 0.6) is 5.75 Å². The number of rotatable bonds is 6. The first-order valence-electron chi connectivity index (χ1n) is 9.42. The van der Waals surface area contributed by atoms with Crippen LogP contribution in [0.1, 0.15) is 46.4 Å². The summed E-state index contributed by atoms with van der Waals surface area (Å²) in [5.41, 5.74) is 2.86. The Morgan fingerprint density at radius 2 is 1.97 bits per heavy atom. The zero-order chi connectivity index (χ0) is 21.0. The lowest BCUT2D eigenvalue weighted by Gasteiger charge is -2.36. The summed E-state index contributed by atoms with van der Waals surface area (Å²) in [5.74, 6) is -1.08. The molecule has 2 aromatic rings. The molecule has 2 aromatic carbocycles. The second-order valence-corrected chi connectivity index (χ2v) is 7.00. The van der Waals surface area contributed by atoms with Crippen LogP contribution in [0.25, 0.3) is 0 Å². The van der Waals surface area contributed by atoms with E-state index in [-0.39, 0.29) is 42.1 Å². The molecule has 7 nitrogen and oxygen atoms in total. The second kappa shape index (κ2) is 8.77.